The Morgan fingerprint density at radius 3 is 2.22 bits per heavy atom. The molecule has 0 radical (unpaired) electrons. The van der Waals surface area contributed by atoms with Crippen molar-refractivity contribution in [3.05, 3.63) is 66.2 Å². The van der Waals surface area contributed by atoms with Crippen molar-refractivity contribution in [3.63, 3.8) is 0 Å². The van der Waals surface area contributed by atoms with E-state index >= 15 is 0 Å². The molecule has 0 aromatic heterocycles. The van der Waals surface area contributed by atoms with Crippen LogP contribution in [0.1, 0.15) is 13.8 Å². The Balaban J connectivity index is 1.58. The molecule has 0 bridgehead atoms. The summed E-state index contributed by atoms with van der Waals surface area (Å²) >= 11 is 5.86. The number of nitrogens with zero attached hydrogens (tertiary/aromatic N) is 3. The lowest BCUT2D eigenvalue weighted by molar-refractivity contribution is -0.116. The summed E-state index contributed by atoms with van der Waals surface area (Å²) in [4.78, 5) is 28.9. The molecular weight excluding hydrogens is 502 g/mol. The highest BCUT2D eigenvalue weighted by Gasteiger charge is 2.26. The van der Waals surface area contributed by atoms with Gasteiger partial charge < -0.3 is 20.4 Å². The predicted molar refractivity (Wildman–Crippen MR) is 143 cm³/mol. The van der Waals surface area contributed by atoms with E-state index in [1.165, 1.54) is 30.3 Å². The van der Waals surface area contributed by atoms with Gasteiger partial charge in [-0.1, -0.05) is 17.7 Å². The number of rotatable bonds is 9. The van der Waals surface area contributed by atoms with Crippen molar-refractivity contribution >= 4 is 44.9 Å². The summed E-state index contributed by atoms with van der Waals surface area (Å²) in [7, 11) is -3.90. The van der Waals surface area contributed by atoms with E-state index in [4.69, 9.17) is 11.6 Å². The third-order valence-corrected chi connectivity index (χ3v) is 7.68. The van der Waals surface area contributed by atoms with Gasteiger partial charge in [0.2, 0.25) is 15.9 Å². The van der Waals surface area contributed by atoms with Gasteiger partial charge >= 0.3 is 6.03 Å². The Bertz CT molecular complexity index is 1160. The minimum Gasteiger partial charge on any atom is -0.368 e. The first-order chi connectivity index (χ1) is 17.1. The lowest BCUT2D eigenvalue weighted by atomic mass is 10.2. The molecule has 0 spiro atoms. The van der Waals surface area contributed by atoms with Crippen molar-refractivity contribution in [1.82, 2.24) is 14.5 Å². The number of nitrogens with one attached hydrogen (secondary N) is 2. The third-order valence-electron chi connectivity index (χ3n) is 5.60. The number of carbonyl (C=O) groups excluding carboxylic acids is 2. The number of benzene rings is 2. The van der Waals surface area contributed by atoms with Crippen LogP contribution >= 0.6 is 11.6 Å². The minimum atomic E-state index is -3.90. The normalized spacial score (nSPS) is 14.1. The first-order valence-corrected chi connectivity index (χ1v) is 13.5. The molecule has 194 valence electrons. The third kappa shape index (κ3) is 7.22. The molecule has 1 saturated heterocycles. The summed E-state index contributed by atoms with van der Waals surface area (Å²) in [6.45, 7) is 9.75. The smallest absolute Gasteiger partial charge is 0.317 e. The van der Waals surface area contributed by atoms with Gasteiger partial charge in [0.05, 0.1) is 11.4 Å². The molecule has 1 fully saturated rings. The van der Waals surface area contributed by atoms with Crippen LogP contribution in [0, 0.1) is 0 Å². The van der Waals surface area contributed by atoms with Crippen LogP contribution in [0.4, 0.5) is 16.2 Å². The van der Waals surface area contributed by atoms with Crippen LogP contribution in [0.25, 0.3) is 0 Å². The molecular formula is C25H32ClN5O4S. The minimum absolute atomic E-state index is 0.0154. The van der Waals surface area contributed by atoms with Crippen molar-refractivity contribution in [1.29, 1.82) is 0 Å². The van der Waals surface area contributed by atoms with E-state index in [0.29, 0.717) is 36.9 Å². The van der Waals surface area contributed by atoms with Crippen LogP contribution in [0.3, 0.4) is 0 Å². The lowest BCUT2D eigenvalue weighted by Gasteiger charge is -2.36. The van der Waals surface area contributed by atoms with Gasteiger partial charge in [-0.25, -0.2) is 13.2 Å². The van der Waals surface area contributed by atoms with E-state index < -0.39 is 15.9 Å². The van der Waals surface area contributed by atoms with Crippen LogP contribution in [0.15, 0.2) is 66.1 Å². The molecule has 9 nitrogen and oxygen atoms in total. The standard InChI is InChI=1S/C25H32ClN5O4S/c1-4-13-31(36(34,35)23-11-5-20(26)6-12-23)18-24(32)28-21-7-9-22(10-8-21)29-14-16-30(17-15-29)25(33)27-19(2)3/h4-12,19H,1,13-18H2,2-3H3,(H,27,33)(H,28,32). The molecule has 11 heteroatoms. The molecule has 0 aliphatic carbocycles. The van der Waals surface area contributed by atoms with Gasteiger partial charge in [0.25, 0.3) is 0 Å². The molecule has 0 saturated carbocycles. The summed E-state index contributed by atoms with van der Waals surface area (Å²) in [6.07, 6.45) is 1.43. The van der Waals surface area contributed by atoms with Gasteiger partial charge in [-0.2, -0.15) is 4.31 Å². The van der Waals surface area contributed by atoms with Crippen molar-refractivity contribution in [2.45, 2.75) is 24.8 Å². The van der Waals surface area contributed by atoms with Crippen LogP contribution < -0.4 is 15.5 Å². The Morgan fingerprint density at radius 2 is 1.67 bits per heavy atom. The molecule has 0 atom stereocenters. The summed E-state index contributed by atoms with van der Waals surface area (Å²) in [5.74, 6) is -0.466. The van der Waals surface area contributed by atoms with Crippen LogP contribution in [-0.4, -0.2) is 74.9 Å². The van der Waals surface area contributed by atoms with Crippen LogP contribution in [0.5, 0.6) is 0 Å². The van der Waals surface area contributed by atoms with Gasteiger partial charge in [-0.15, -0.1) is 6.58 Å². The Morgan fingerprint density at radius 1 is 1.06 bits per heavy atom. The van der Waals surface area contributed by atoms with Crippen molar-refractivity contribution < 1.29 is 18.0 Å². The fraction of sp³-hybridized carbons (Fsp3) is 0.360. The largest absolute Gasteiger partial charge is 0.368 e. The molecule has 3 amide bonds. The number of carbonyl (C=O) groups is 2. The highest BCUT2D eigenvalue weighted by Crippen LogP contribution is 2.21. The van der Waals surface area contributed by atoms with Gasteiger partial charge in [0, 0.05) is 55.2 Å². The van der Waals surface area contributed by atoms with E-state index in [0.717, 1.165) is 9.99 Å². The van der Waals surface area contributed by atoms with Gasteiger partial charge in [0.15, 0.2) is 0 Å². The molecule has 1 heterocycles. The zero-order chi connectivity index (χ0) is 26.3. The average molecular weight is 534 g/mol. The van der Waals surface area contributed by atoms with E-state index in [1.807, 2.05) is 26.0 Å². The number of halogens is 1. The highest BCUT2D eigenvalue weighted by molar-refractivity contribution is 7.89. The maximum atomic E-state index is 13.0. The first kappa shape index (κ1) is 27.5. The Labute approximate surface area is 217 Å². The zero-order valence-electron chi connectivity index (χ0n) is 20.5. The van der Waals surface area contributed by atoms with Crippen LogP contribution in [0.2, 0.25) is 5.02 Å². The zero-order valence-corrected chi connectivity index (χ0v) is 22.1. The molecule has 2 aromatic carbocycles. The van der Waals surface area contributed by atoms with Crippen molar-refractivity contribution in [3.8, 4) is 0 Å². The van der Waals surface area contributed by atoms with E-state index in [1.54, 1.807) is 17.0 Å². The first-order valence-electron chi connectivity index (χ1n) is 11.7. The highest BCUT2D eigenvalue weighted by atomic mass is 35.5. The van der Waals surface area contributed by atoms with E-state index in [9.17, 15) is 18.0 Å². The second-order valence-corrected chi connectivity index (χ2v) is 11.1. The summed E-state index contributed by atoms with van der Waals surface area (Å²) in [5, 5.41) is 6.09. The Kier molecular flexibility index (Phi) is 9.36. The SMILES string of the molecule is C=CCN(CC(=O)Nc1ccc(N2CCN(C(=O)NC(C)C)CC2)cc1)S(=O)(=O)c1ccc(Cl)cc1. The predicted octanol–water partition coefficient (Wildman–Crippen LogP) is 3.40. The lowest BCUT2D eigenvalue weighted by Crippen LogP contribution is -2.52. The number of anilines is 2. The van der Waals surface area contributed by atoms with Crippen molar-refractivity contribution in [2.75, 3.05) is 49.5 Å². The Hall–Kier alpha value is -3.08. The van der Waals surface area contributed by atoms with Gasteiger partial charge in [-0.3, -0.25) is 4.79 Å². The number of hydrogen-bond acceptors (Lipinski definition) is 5. The maximum Gasteiger partial charge on any atom is 0.317 e. The van der Waals surface area contributed by atoms with Gasteiger partial charge in [-0.05, 0) is 62.4 Å². The summed E-state index contributed by atoms with van der Waals surface area (Å²) < 4.78 is 27.0. The molecule has 36 heavy (non-hydrogen) atoms. The maximum absolute atomic E-state index is 13.0. The molecule has 0 unspecified atom stereocenters. The van der Waals surface area contributed by atoms with E-state index in [-0.39, 0.29) is 30.1 Å². The number of piperazine rings is 1. The number of sulfonamides is 1. The molecule has 2 N–H and O–H groups in total. The fourth-order valence-corrected chi connectivity index (χ4v) is 5.26. The van der Waals surface area contributed by atoms with Gasteiger partial charge in [0.1, 0.15) is 0 Å². The number of hydrogen-bond donors (Lipinski definition) is 2. The van der Waals surface area contributed by atoms with Crippen molar-refractivity contribution in [2.24, 2.45) is 0 Å². The van der Waals surface area contributed by atoms with Crippen LogP contribution in [-0.2, 0) is 14.8 Å². The number of urea groups is 1. The second-order valence-electron chi connectivity index (χ2n) is 8.71. The fourth-order valence-electron chi connectivity index (χ4n) is 3.77. The molecule has 1 aliphatic rings. The summed E-state index contributed by atoms with van der Waals surface area (Å²) in [6, 6.07) is 13.2. The topological polar surface area (TPSA) is 102 Å². The average Bonchev–Trinajstić information content (AvgIpc) is 2.84. The second kappa shape index (κ2) is 12.2. The van der Waals surface area contributed by atoms with E-state index in [2.05, 4.69) is 22.1 Å². The quantitative estimate of drug-likeness (QED) is 0.481. The number of amides is 3. The summed E-state index contributed by atoms with van der Waals surface area (Å²) in [5.41, 5.74) is 1.54. The molecule has 1 aliphatic heterocycles. The molecule has 2 aromatic rings. The monoisotopic (exact) mass is 533 g/mol. The molecule has 3 rings (SSSR count).